The van der Waals surface area contributed by atoms with Crippen molar-refractivity contribution < 1.29 is 9.53 Å². The van der Waals surface area contributed by atoms with Crippen molar-refractivity contribution in [1.29, 1.82) is 0 Å². The summed E-state index contributed by atoms with van der Waals surface area (Å²) in [6.45, 7) is 6.81. The normalized spacial score (nSPS) is 50.5. The molecule has 4 aliphatic carbocycles. The van der Waals surface area contributed by atoms with Crippen LogP contribution in [-0.2, 0) is 9.53 Å². The first-order valence-electron chi connectivity index (χ1n) is 10.1. The van der Waals surface area contributed by atoms with Crippen molar-refractivity contribution in [1.82, 2.24) is 0 Å². The van der Waals surface area contributed by atoms with Gasteiger partial charge in [-0.3, -0.25) is 4.79 Å². The quantitative estimate of drug-likeness (QED) is 0.653. The summed E-state index contributed by atoms with van der Waals surface area (Å²) in [5, 5.41) is 0. The number of ketones is 1. The van der Waals surface area contributed by atoms with Gasteiger partial charge in [0.25, 0.3) is 0 Å². The predicted octanol–water partition coefficient (Wildman–Crippen LogP) is 5.17. The van der Waals surface area contributed by atoms with Gasteiger partial charge in [-0.25, -0.2) is 0 Å². The number of fused-ring (bicyclic) bond motifs is 5. The molecule has 0 radical (unpaired) electrons. The molecule has 0 saturated heterocycles. The van der Waals surface area contributed by atoms with Crippen LogP contribution < -0.4 is 0 Å². The Bertz CT molecular complexity index is 564. The molecule has 0 aliphatic heterocycles. The summed E-state index contributed by atoms with van der Waals surface area (Å²) in [7, 11) is 1.87. The van der Waals surface area contributed by atoms with Crippen molar-refractivity contribution in [3.63, 3.8) is 0 Å². The van der Waals surface area contributed by atoms with Crippen LogP contribution in [0.4, 0.5) is 0 Å². The highest BCUT2D eigenvalue weighted by Gasteiger charge is 2.59. The highest BCUT2D eigenvalue weighted by Crippen LogP contribution is 2.66. The van der Waals surface area contributed by atoms with E-state index in [1.54, 1.807) is 5.57 Å². The third-order valence-electron chi connectivity index (χ3n) is 8.88. The first-order valence-corrected chi connectivity index (χ1v) is 10.1. The van der Waals surface area contributed by atoms with E-state index in [4.69, 9.17) is 4.74 Å². The van der Waals surface area contributed by atoms with E-state index in [-0.39, 0.29) is 5.41 Å². The highest BCUT2D eigenvalue weighted by molar-refractivity contribution is 5.79. The lowest BCUT2D eigenvalue weighted by Crippen LogP contribution is -2.51. The number of methoxy groups -OCH3 is 1. The molecule has 0 bridgehead atoms. The first kappa shape index (κ1) is 16.8. The van der Waals surface area contributed by atoms with Crippen molar-refractivity contribution in [2.24, 2.45) is 34.5 Å². The third-order valence-corrected chi connectivity index (χ3v) is 8.88. The van der Waals surface area contributed by atoms with Crippen LogP contribution in [0.2, 0.25) is 0 Å². The zero-order valence-corrected chi connectivity index (χ0v) is 15.9. The molecule has 0 aromatic rings. The van der Waals surface area contributed by atoms with E-state index in [1.807, 2.05) is 14.0 Å². The number of hydrogen-bond donors (Lipinski definition) is 0. The largest absolute Gasteiger partial charge is 0.381 e. The summed E-state index contributed by atoms with van der Waals surface area (Å²) >= 11 is 0. The summed E-state index contributed by atoms with van der Waals surface area (Å²) in [5.41, 5.74) is 2.36. The van der Waals surface area contributed by atoms with Gasteiger partial charge in [0.2, 0.25) is 0 Å². The number of hydrogen-bond acceptors (Lipinski definition) is 2. The molecule has 0 amide bonds. The van der Waals surface area contributed by atoms with E-state index in [1.165, 1.54) is 38.5 Å². The summed E-state index contributed by atoms with van der Waals surface area (Å²) in [5.74, 6) is 3.17. The second-order valence-corrected chi connectivity index (χ2v) is 9.64. The van der Waals surface area contributed by atoms with Crippen LogP contribution in [0.25, 0.3) is 0 Å². The first-order chi connectivity index (χ1) is 11.4. The van der Waals surface area contributed by atoms with Gasteiger partial charge in [-0.05, 0) is 86.9 Å². The maximum Gasteiger partial charge on any atom is 0.133 e. The van der Waals surface area contributed by atoms with Crippen molar-refractivity contribution in [3.05, 3.63) is 11.6 Å². The van der Waals surface area contributed by atoms with E-state index in [9.17, 15) is 4.79 Å². The molecular weight excluding hydrogens is 296 g/mol. The van der Waals surface area contributed by atoms with Crippen LogP contribution >= 0.6 is 0 Å². The minimum atomic E-state index is 0.276. The second kappa shape index (κ2) is 5.69. The Hall–Kier alpha value is -0.630. The second-order valence-electron chi connectivity index (χ2n) is 9.64. The van der Waals surface area contributed by atoms with Gasteiger partial charge < -0.3 is 4.74 Å². The van der Waals surface area contributed by atoms with Gasteiger partial charge in [0.05, 0.1) is 6.10 Å². The smallest absolute Gasteiger partial charge is 0.133 e. The maximum atomic E-state index is 12.2. The van der Waals surface area contributed by atoms with Crippen molar-refractivity contribution >= 4 is 5.78 Å². The average Bonchev–Trinajstić information content (AvgIpc) is 2.91. The van der Waals surface area contributed by atoms with Crippen LogP contribution in [0.1, 0.15) is 72.1 Å². The van der Waals surface area contributed by atoms with Gasteiger partial charge in [-0.15, -0.1) is 0 Å². The highest BCUT2D eigenvalue weighted by atomic mass is 16.5. The molecule has 3 saturated carbocycles. The van der Waals surface area contributed by atoms with Crippen LogP contribution in [0.5, 0.6) is 0 Å². The summed E-state index contributed by atoms with van der Waals surface area (Å²) < 4.78 is 5.67. The fourth-order valence-electron chi connectivity index (χ4n) is 7.50. The van der Waals surface area contributed by atoms with Crippen LogP contribution in [-0.4, -0.2) is 19.0 Å². The monoisotopic (exact) mass is 330 g/mol. The van der Waals surface area contributed by atoms with Crippen LogP contribution in [0.3, 0.4) is 0 Å². The number of rotatable bonds is 2. The van der Waals surface area contributed by atoms with Crippen LogP contribution in [0.15, 0.2) is 11.6 Å². The zero-order chi connectivity index (χ0) is 17.1. The molecule has 0 N–H and O–H groups in total. The molecule has 0 aromatic carbocycles. The molecular formula is C22H34O2. The van der Waals surface area contributed by atoms with Gasteiger partial charge >= 0.3 is 0 Å². The molecule has 7 atom stereocenters. The number of carbonyl (C=O) groups is 1. The number of ether oxygens (including phenoxy) is 1. The third kappa shape index (κ3) is 2.21. The molecule has 134 valence electrons. The Morgan fingerprint density at radius 3 is 2.62 bits per heavy atom. The van der Waals surface area contributed by atoms with Gasteiger partial charge in [-0.2, -0.15) is 0 Å². The maximum absolute atomic E-state index is 12.2. The van der Waals surface area contributed by atoms with E-state index in [0.29, 0.717) is 23.2 Å². The minimum Gasteiger partial charge on any atom is -0.381 e. The molecule has 4 aliphatic rings. The SMILES string of the molecule is CO[C@H]1CC[C@@]2(C)C(=CC[C@H]3[C@@H]4CC[C@H](C(C)=O)[C@]4(C)CC[C@@H]32)C1. The van der Waals surface area contributed by atoms with Crippen molar-refractivity contribution in [2.75, 3.05) is 7.11 Å². The summed E-state index contributed by atoms with van der Waals surface area (Å²) in [6, 6.07) is 0. The number of allylic oxidation sites excluding steroid dienone is 1. The van der Waals surface area contributed by atoms with Gasteiger partial charge in [0.15, 0.2) is 0 Å². The number of Topliss-reactive ketones (excluding diaryl/α,β-unsaturated/α-hetero) is 1. The molecule has 24 heavy (non-hydrogen) atoms. The zero-order valence-electron chi connectivity index (χ0n) is 15.9. The molecule has 3 fully saturated rings. The lowest BCUT2D eigenvalue weighted by Gasteiger charge is -2.58. The Morgan fingerprint density at radius 1 is 1.12 bits per heavy atom. The fraction of sp³-hybridized carbons (Fsp3) is 0.864. The summed E-state index contributed by atoms with van der Waals surface area (Å²) in [6.07, 6.45) is 12.9. The number of carbonyl (C=O) groups excluding carboxylic acids is 1. The van der Waals surface area contributed by atoms with E-state index in [2.05, 4.69) is 19.9 Å². The van der Waals surface area contributed by atoms with Crippen molar-refractivity contribution in [3.8, 4) is 0 Å². The Balaban J connectivity index is 1.63. The molecule has 2 heteroatoms. The van der Waals surface area contributed by atoms with Crippen molar-refractivity contribution in [2.45, 2.75) is 78.2 Å². The lowest BCUT2D eigenvalue weighted by molar-refractivity contribution is -0.127. The Morgan fingerprint density at radius 2 is 1.92 bits per heavy atom. The topological polar surface area (TPSA) is 26.3 Å². The van der Waals surface area contributed by atoms with E-state index in [0.717, 1.165) is 30.6 Å². The van der Waals surface area contributed by atoms with Crippen LogP contribution in [0, 0.1) is 34.5 Å². The van der Waals surface area contributed by atoms with Gasteiger partial charge in [0, 0.05) is 13.0 Å². The standard InChI is InChI=1S/C22H34O2/c1-14(23)18-7-8-19-17-6-5-15-13-16(24-4)9-11-21(15,2)20(17)10-12-22(18,19)3/h5,16-20H,6-13H2,1-4H3/t16-,17-,18+,19-,20-,21-,22-/m0/s1. The van der Waals surface area contributed by atoms with E-state index < -0.39 is 0 Å². The molecule has 0 unspecified atom stereocenters. The molecule has 0 aromatic heterocycles. The minimum absolute atomic E-state index is 0.276. The summed E-state index contributed by atoms with van der Waals surface area (Å²) in [4.78, 5) is 12.2. The van der Waals surface area contributed by atoms with Gasteiger partial charge in [-0.1, -0.05) is 25.5 Å². The lowest BCUT2D eigenvalue weighted by atomic mass is 9.47. The Labute approximate surface area is 147 Å². The van der Waals surface area contributed by atoms with E-state index >= 15 is 0 Å². The fourth-order valence-corrected chi connectivity index (χ4v) is 7.50. The predicted molar refractivity (Wildman–Crippen MR) is 96.7 cm³/mol. The molecule has 2 nitrogen and oxygen atoms in total. The van der Waals surface area contributed by atoms with Gasteiger partial charge in [0.1, 0.15) is 5.78 Å². The molecule has 0 spiro atoms. The molecule has 0 heterocycles. The molecule has 4 rings (SSSR count). The average molecular weight is 331 g/mol. The Kier molecular flexibility index (Phi) is 3.99.